The summed E-state index contributed by atoms with van der Waals surface area (Å²) >= 11 is 0. The largest absolute Gasteiger partial charge is 0.462 e. The fourth-order valence-corrected chi connectivity index (χ4v) is 7.45. The zero-order valence-electron chi connectivity index (χ0n) is 40.2. The van der Waals surface area contributed by atoms with E-state index >= 15 is 0 Å². The number of unbranched alkanes of at least 4 members (excludes halogenated alkanes) is 29. The third kappa shape index (κ3) is 48.5. The molecule has 0 aromatic heterocycles. The molecule has 0 aliphatic heterocycles. The van der Waals surface area contributed by atoms with Crippen LogP contribution in [0.25, 0.3) is 0 Å². The minimum Gasteiger partial charge on any atom is -0.462 e. The molecule has 0 heterocycles. The first-order valence-electron chi connectivity index (χ1n) is 26.2. The van der Waals surface area contributed by atoms with Crippen molar-refractivity contribution >= 4 is 11.9 Å². The van der Waals surface area contributed by atoms with E-state index in [2.05, 4.69) is 69.4 Å². The predicted molar refractivity (Wildman–Crippen MR) is 261 cm³/mol. The summed E-state index contributed by atoms with van der Waals surface area (Å²) in [5.74, 6) is -0.409. The highest BCUT2D eigenvalue weighted by atomic mass is 16.6. The minimum absolute atomic E-state index is 0.0790. The van der Waals surface area contributed by atoms with E-state index in [-0.39, 0.29) is 25.2 Å². The van der Waals surface area contributed by atoms with E-state index in [9.17, 15) is 9.59 Å². The topological polar surface area (TPSA) is 61.8 Å². The molecule has 0 amide bonds. The number of ether oxygens (including phenoxy) is 3. The van der Waals surface area contributed by atoms with E-state index in [1.807, 2.05) is 0 Å². The Labute approximate surface area is 373 Å². The molecule has 0 spiro atoms. The van der Waals surface area contributed by atoms with Crippen LogP contribution < -0.4 is 0 Å². The normalized spacial score (nSPS) is 12.5. The summed E-state index contributed by atoms with van der Waals surface area (Å²) in [6.07, 6.45) is 62.6. The van der Waals surface area contributed by atoms with Gasteiger partial charge < -0.3 is 14.2 Å². The number of hydrogen-bond donors (Lipinski definition) is 0. The smallest absolute Gasteiger partial charge is 0.306 e. The molecule has 0 saturated carbocycles. The van der Waals surface area contributed by atoms with Gasteiger partial charge in [-0.05, 0) is 70.6 Å². The van der Waals surface area contributed by atoms with E-state index in [1.54, 1.807) is 0 Å². The van der Waals surface area contributed by atoms with Crippen LogP contribution >= 0.6 is 0 Å². The summed E-state index contributed by atoms with van der Waals surface area (Å²) in [5.41, 5.74) is 0. The molecule has 0 aromatic rings. The molecule has 0 saturated heterocycles. The Kier molecular flexibility index (Phi) is 49.4. The average molecular weight is 841 g/mol. The van der Waals surface area contributed by atoms with Crippen LogP contribution in [0.5, 0.6) is 0 Å². The SMILES string of the molecule is CC/C=C\C/C=C\C/C=C\CCCCCCCC(=O)OC(COCCCCCCCC/C=C\CCCC)COC(=O)CCCCCCCCCCCCCCCCCCC. The maximum absolute atomic E-state index is 12.8. The van der Waals surface area contributed by atoms with Crippen molar-refractivity contribution in [3.05, 3.63) is 48.6 Å². The monoisotopic (exact) mass is 841 g/mol. The highest BCUT2D eigenvalue weighted by Gasteiger charge is 2.17. The number of carbonyl (C=O) groups excluding carboxylic acids is 2. The molecule has 5 heteroatoms. The van der Waals surface area contributed by atoms with Crippen LogP contribution in [0.1, 0.15) is 265 Å². The molecule has 0 rings (SSSR count). The summed E-state index contributed by atoms with van der Waals surface area (Å²) in [7, 11) is 0. The van der Waals surface area contributed by atoms with Gasteiger partial charge in [0.25, 0.3) is 0 Å². The molecule has 0 radical (unpaired) electrons. The lowest BCUT2D eigenvalue weighted by molar-refractivity contribution is -0.163. The summed E-state index contributed by atoms with van der Waals surface area (Å²) in [6, 6.07) is 0. The Morgan fingerprint density at radius 3 is 1.27 bits per heavy atom. The van der Waals surface area contributed by atoms with Crippen molar-refractivity contribution in [3.63, 3.8) is 0 Å². The number of carbonyl (C=O) groups is 2. The average Bonchev–Trinajstić information content (AvgIpc) is 3.25. The quantitative estimate of drug-likeness (QED) is 0.0347. The van der Waals surface area contributed by atoms with Crippen molar-refractivity contribution in [1.82, 2.24) is 0 Å². The first-order valence-corrected chi connectivity index (χ1v) is 26.2. The van der Waals surface area contributed by atoms with Gasteiger partial charge in [-0.1, -0.05) is 230 Å². The fraction of sp³-hybridized carbons (Fsp3) is 0.818. The fourth-order valence-electron chi connectivity index (χ4n) is 7.45. The van der Waals surface area contributed by atoms with Gasteiger partial charge in [-0.15, -0.1) is 0 Å². The Morgan fingerprint density at radius 2 is 0.767 bits per heavy atom. The summed E-state index contributed by atoms with van der Waals surface area (Å²) < 4.78 is 17.4. The van der Waals surface area contributed by atoms with Gasteiger partial charge in [0, 0.05) is 19.4 Å². The molecule has 1 unspecified atom stereocenters. The highest BCUT2D eigenvalue weighted by molar-refractivity contribution is 5.70. The Balaban J connectivity index is 4.24. The highest BCUT2D eigenvalue weighted by Crippen LogP contribution is 2.16. The predicted octanol–water partition coefficient (Wildman–Crippen LogP) is 17.6. The Hall–Kier alpha value is -2.14. The van der Waals surface area contributed by atoms with Crippen molar-refractivity contribution in [1.29, 1.82) is 0 Å². The van der Waals surface area contributed by atoms with Crippen molar-refractivity contribution in [2.45, 2.75) is 271 Å². The van der Waals surface area contributed by atoms with E-state index in [0.717, 1.165) is 70.6 Å². The van der Waals surface area contributed by atoms with Gasteiger partial charge in [0.05, 0.1) is 6.61 Å². The standard InChI is InChI=1S/C55H100O5/c1-4-7-10-13-16-19-22-25-27-28-30-31-33-36-39-42-45-48-54(56)59-52-53(51-58-50-47-44-41-38-35-24-21-18-15-12-9-6-3)60-55(57)49-46-43-40-37-34-32-29-26-23-20-17-14-11-8-5-2/h8,11,15,17-18,20,26,29,53H,4-7,9-10,12-14,16,19,21-25,27-28,30-52H2,1-3H3/b11-8-,18-15-,20-17-,29-26-. The lowest BCUT2D eigenvalue weighted by atomic mass is 10.0. The van der Waals surface area contributed by atoms with Gasteiger partial charge in [-0.25, -0.2) is 0 Å². The number of allylic oxidation sites excluding steroid dienone is 8. The van der Waals surface area contributed by atoms with E-state index < -0.39 is 6.10 Å². The molecule has 0 aliphatic carbocycles. The van der Waals surface area contributed by atoms with Crippen molar-refractivity contribution in [2.75, 3.05) is 19.8 Å². The van der Waals surface area contributed by atoms with Gasteiger partial charge in [0.2, 0.25) is 0 Å². The van der Waals surface area contributed by atoms with Crippen LogP contribution in [0.15, 0.2) is 48.6 Å². The molecule has 0 N–H and O–H groups in total. The second kappa shape index (κ2) is 51.2. The third-order valence-corrected chi connectivity index (χ3v) is 11.3. The summed E-state index contributed by atoms with van der Waals surface area (Å²) in [5, 5.41) is 0. The maximum Gasteiger partial charge on any atom is 0.306 e. The molecular formula is C55H100O5. The van der Waals surface area contributed by atoms with Crippen molar-refractivity contribution in [2.24, 2.45) is 0 Å². The lowest BCUT2D eigenvalue weighted by Crippen LogP contribution is -2.30. The molecule has 0 bridgehead atoms. The molecule has 1 atom stereocenters. The minimum atomic E-state index is -0.545. The van der Waals surface area contributed by atoms with Gasteiger partial charge >= 0.3 is 11.9 Å². The summed E-state index contributed by atoms with van der Waals surface area (Å²) in [4.78, 5) is 25.4. The van der Waals surface area contributed by atoms with Crippen LogP contribution in [-0.4, -0.2) is 37.9 Å². The van der Waals surface area contributed by atoms with E-state index in [0.29, 0.717) is 19.4 Å². The summed E-state index contributed by atoms with van der Waals surface area (Å²) in [6.45, 7) is 7.69. The first-order chi connectivity index (χ1) is 29.6. The Morgan fingerprint density at radius 1 is 0.383 bits per heavy atom. The molecule has 0 fully saturated rings. The van der Waals surface area contributed by atoms with E-state index in [1.165, 1.54) is 161 Å². The zero-order chi connectivity index (χ0) is 43.5. The second-order valence-corrected chi connectivity index (χ2v) is 17.4. The van der Waals surface area contributed by atoms with Gasteiger partial charge in [-0.3, -0.25) is 9.59 Å². The van der Waals surface area contributed by atoms with Crippen LogP contribution in [-0.2, 0) is 23.8 Å². The third-order valence-electron chi connectivity index (χ3n) is 11.3. The lowest BCUT2D eigenvalue weighted by Gasteiger charge is -2.18. The molecule has 0 aromatic carbocycles. The van der Waals surface area contributed by atoms with Crippen molar-refractivity contribution in [3.8, 4) is 0 Å². The van der Waals surface area contributed by atoms with Gasteiger partial charge in [0.15, 0.2) is 6.10 Å². The second-order valence-electron chi connectivity index (χ2n) is 17.4. The first kappa shape index (κ1) is 57.9. The van der Waals surface area contributed by atoms with Crippen LogP contribution in [0, 0.1) is 0 Å². The molecule has 0 aliphatic rings. The molecule has 60 heavy (non-hydrogen) atoms. The van der Waals surface area contributed by atoms with Crippen LogP contribution in [0.4, 0.5) is 0 Å². The maximum atomic E-state index is 12.8. The van der Waals surface area contributed by atoms with Gasteiger partial charge in [0.1, 0.15) is 6.61 Å². The molecular weight excluding hydrogens is 741 g/mol. The zero-order valence-corrected chi connectivity index (χ0v) is 40.2. The van der Waals surface area contributed by atoms with Crippen LogP contribution in [0.3, 0.4) is 0 Å². The van der Waals surface area contributed by atoms with Gasteiger partial charge in [-0.2, -0.15) is 0 Å². The Bertz CT molecular complexity index is 997. The molecule has 350 valence electrons. The molecule has 5 nitrogen and oxygen atoms in total. The number of rotatable bonds is 48. The van der Waals surface area contributed by atoms with E-state index in [4.69, 9.17) is 14.2 Å². The number of hydrogen-bond acceptors (Lipinski definition) is 5. The number of esters is 2. The van der Waals surface area contributed by atoms with Crippen molar-refractivity contribution < 1.29 is 23.8 Å². The van der Waals surface area contributed by atoms with Crippen LogP contribution in [0.2, 0.25) is 0 Å².